The zero-order valence-electron chi connectivity index (χ0n) is 16.7. The Morgan fingerprint density at radius 1 is 1.32 bits per heavy atom. The molecule has 0 N–H and O–H groups in total. The predicted molar refractivity (Wildman–Crippen MR) is 114 cm³/mol. The van der Waals surface area contributed by atoms with Crippen LogP contribution in [0.15, 0.2) is 59.6 Å². The lowest BCUT2D eigenvalue weighted by molar-refractivity contribution is -0.385. The Hall–Kier alpha value is -3.72. The van der Waals surface area contributed by atoms with Crippen molar-refractivity contribution >= 4 is 23.2 Å². The second-order valence-corrected chi connectivity index (χ2v) is 7.01. The van der Waals surface area contributed by atoms with Gasteiger partial charge in [0, 0.05) is 28.8 Å². The minimum Gasteiger partial charge on any atom is -0.484 e. The van der Waals surface area contributed by atoms with E-state index in [0.29, 0.717) is 22.2 Å². The standard InChI is InChI=1S/C21H19ClN4O5/c1-3-10-25(12-19-23-21(24-31-19)15-4-6-16(22)7-5-15)20(27)13-30-17-8-9-18(26(28)29)14(2)11-17/h3-9,11H,1,10,12-13H2,2H3. The number of carbonyl (C=O) groups excluding carboxylic acids is 1. The number of nitro groups is 1. The van der Waals surface area contributed by atoms with E-state index in [4.69, 9.17) is 20.9 Å². The van der Waals surface area contributed by atoms with Crippen LogP contribution in [-0.4, -0.2) is 39.0 Å². The minimum atomic E-state index is -0.473. The van der Waals surface area contributed by atoms with Gasteiger partial charge in [0.05, 0.1) is 4.92 Å². The van der Waals surface area contributed by atoms with Crippen LogP contribution in [0.1, 0.15) is 11.5 Å². The van der Waals surface area contributed by atoms with E-state index in [-0.39, 0.29) is 37.2 Å². The number of aryl methyl sites for hydroxylation is 1. The van der Waals surface area contributed by atoms with Crippen molar-refractivity contribution in [3.63, 3.8) is 0 Å². The van der Waals surface area contributed by atoms with Gasteiger partial charge in [-0.2, -0.15) is 4.98 Å². The molecule has 160 valence electrons. The zero-order chi connectivity index (χ0) is 22.4. The van der Waals surface area contributed by atoms with Gasteiger partial charge in [0.15, 0.2) is 6.61 Å². The maximum Gasteiger partial charge on any atom is 0.272 e. The molecule has 0 fully saturated rings. The van der Waals surface area contributed by atoms with Crippen LogP contribution in [0.2, 0.25) is 5.02 Å². The van der Waals surface area contributed by atoms with Crippen molar-refractivity contribution in [3.05, 3.63) is 81.7 Å². The highest BCUT2D eigenvalue weighted by molar-refractivity contribution is 6.30. The fraction of sp³-hybridized carbons (Fsp3) is 0.190. The summed E-state index contributed by atoms with van der Waals surface area (Å²) in [6.07, 6.45) is 1.57. The number of nitro benzene ring substituents is 1. The van der Waals surface area contributed by atoms with Gasteiger partial charge in [-0.15, -0.1) is 6.58 Å². The molecular formula is C21H19ClN4O5. The Morgan fingerprint density at radius 3 is 2.71 bits per heavy atom. The lowest BCUT2D eigenvalue weighted by atomic mass is 10.2. The highest BCUT2D eigenvalue weighted by Crippen LogP contribution is 2.23. The molecule has 1 aromatic heterocycles. The van der Waals surface area contributed by atoms with E-state index in [9.17, 15) is 14.9 Å². The third-order valence-corrected chi connectivity index (χ3v) is 4.58. The van der Waals surface area contributed by atoms with Gasteiger partial charge in [-0.1, -0.05) is 22.8 Å². The van der Waals surface area contributed by atoms with Gasteiger partial charge in [0.2, 0.25) is 11.7 Å². The van der Waals surface area contributed by atoms with E-state index in [1.807, 2.05) is 0 Å². The molecule has 0 bridgehead atoms. The molecule has 2 aromatic carbocycles. The average molecular weight is 443 g/mol. The van der Waals surface area contributed by atoms with Crippen LogP contribution in [-0.2, 0) is 11.3 Å². The van der Waals surface area contributed by atoms with E-state index in [1.165, 1.54) is 23.1 Å². The molecule has 0 atom stereocenters. The van der Waals surface area contributed by atoms with E-state index >= 15 is 0 Å². The molecule has 0 aliphatic rings. The molecule has 0 saturated heterocycles. The van der Waals surface area contributed by atoms with Gasteiger partial charge in [0.1, 0.15) is 12.3 Å². The van der Waals surface area contributed by atoms with Gasteiger partial charge >= 0.3 is 0 Å². The first-order valence-electron chi connectivity index (χ1n) is 9.22. The van der Waals surface area contributed by atoms with E-state index < -0.39 is 4.92 Å². The minimum absolute atomic E-state index is 0.0140. The Balaban J connectivity index is 1.64. The van der Waals surface area contributed by atoms with Crippen molar-refractivity contribution in [1.82, 2.24) is 15.0 Å². The van der Waals surface area contributed by atoms with Crippen molar-refractivity contribution in [2.75, 3.05) is 13.2 Å². The monoisotopic (exact) mass is 442 g/mol. The lowest BCUT2D eigenvalue weighted by Gasteiger charge is -2.19. The van der Waals surface area contributed by atoms with Gasteiger partial charge in [-0.05, 0) is 43.3 Å². The first-order valence-corrected chi connectivity index (χ1v) is 9.60. The molecule has 1 amide bonds. The largest absolute Gasteiger partial charge is 0.484 e. The SMILES string of the molecule is C=CCN(Cc1nc(-c2ccc(Cl)cc2)no1)C(=O)COc1ccc([N+](=O)[O-])c(C)c1. The number of benzene rings is 2. The molecule has 0 spiro atoms. The highest BCUT2D eigenvalue weighted by atomic mass is 35.5. The summed E-state index contributed by atoms with van der Waals surface area (Å²) in [5.41, 5.74) is 1.16. The first kappa shape index (κ1) is 22.0. The molecule has 10 heteroatoms. The number of nitrogens with zero attached hydrogens (tertiary/aromatic N) is 4. The lowest BCUT2D eigenvalue weighted by Crippen LogP contribution is -2.34. The number of aromatic nitrogens is 2. The summed E-state index contributed by atoms with van der Waals surface area (Å²) >= 11 is 5.89. The van der Waals surface area contributed by atoms with Gasteiger partial charge in [-0.25, -0.2) is 0 Å². The Labute approximate surface area is 183 Å². The van der Waals surface area contributed by atoms with Gasteiger partial charge in [0.25, 0.3) is 11.6 Å². The van der Waals surface area contributed by atoms with E-state index in [0.717, 1.165) is 5.56 Å². The molecule has 0 unspecified atom stereocenters. The number of halogens is 1. The number of rotatable bonds is 9. The number of ether oxygens (including phenoxy) is 1. The summed E-state index contributed by atoms with van der Waals surface area (Å²) in [6, 6.07) is 11.3. The molecule has 0 aliphatic heterocycles. The average Bonchev–Trinajstić information content (AvgIpc) is 3.20. The Bertz CT molecular complexity index is 1100. The number of carbonyl (C=O) groups is 1. The highest BCUT2D eigenvalue weighted by Gasteiger charge is 2.18. The zero-order valence-corrected chi connectivity index (χ0v) is 17.4. The molecule has 3 aromatic rings. The fourth-order valence-electron chi connectivity index (χ4n) is 2.77. The maximum atomic E-state index is 12.6. The van der Waals surface area contributed by atoms with Crippen LogP contribution in [0, 0.1) is 17.0 Å². The van der Waals surface area contributed by atoms with Crippen LogP contribution < -0.4 is 4.74 Å². The number of hydrogen-bond acceptors (Lipinski definition) is 7. The molecule has 0 aliphatic carbocycles. The van der Waals surface area contributed by atoms with Crippen molar-refractivity contribution < 1.29 is 19.0 Å². The molecule has 31 heavy (non-hydrogen) atoms. The molecule has 1 heterocycles. The summed E-state index contributed by atoms with van der Waals surface area (Å²) in [7, 11) is 0. The van der Waals surface area contributed by atoms with Crippen LogP contribution in [0.25, 0.3) is 11.4 Å². The van der Waals surface area contributed by atoms with Crippen molar-refractivity contribution in [2.24, 2.45) is 0 Å². The summed E-state index contributed by atoms with van der Waals surface area (Å²) in [5.74, 6) is 0.668. The van der Waals surface area contributed by atoms with Crippen LogP contribution >= 0.6 is 11.6 Å². The Kier molecular flexibility index (Phi) is 6.99. The third kappa shape index (κ3) is 5.67. The second kappa shape index (κ2) is 9.86. The topological polar surface area (TPSA) is 112 Å². The second-order valence-electron chi connectivity index (χ2n) is 6.58. The molecule has 0 radical (unpaired) electrons. The molecular weight excluding hydrogens is 424 g/mol. The van der Waals surface area contributed by atoms with Crippen molar-refractivity contribution in [3.8, 4) is 17.1 Å². The maximum absolute atomic E-state index is 12.6. The predicted octanol–water partition coefficient (Wildman–Crippen LogP) is 4.20. The van der Waals surface area contributed by atoms with Crippen LogP contribution in [0.4, 0.5) is 5.69 Å². The number of hydrogen-bond donors (Lipinski definition) is 0. The Morgan fingerprint density at radius 2 is 2.06 bits per heavy atom. The van der Waals surface area contributed by atoms with Crippen LogP contribution in [0.5, 0.6) is 5.75 Å². The van der Waals surface area contributed by atoms with Gasteiger partial charge < -0.3 is 14.2 Å². The molecule has 0 saturated carbocycles. The third-order valence-electron chi connectivity index (χ3n) is 4.33. The smallest absolute Gasteiger partial charge is 0.272 e. The fourth-order valence-corrected chi connectivity index (χ4v) is 2.89. The summed E-state index contributed by atoms with van der Waals surface area (Å²) in [4.78, 5) is 28.8. The normalized spacial score (nSPS) is 10.5. The van der Waals surface area contributed by atoms with Crippen LogP contribution in [0.3, 0.4) is 0 Å². The van der Waals surface area contributed by atoms with Crippen molar-refractivity contribution in [1.29, 1.82) is 0 Å². The first-order chi connectivity index (χ1) is 14.9. The quantitative estimate of drug-likeness (QED) is 0.277. The number of amides is 1. The molecule has 3 rings (SSSR count). The van der Waals surface area contributed by atoms with Crippen molar-refractivity contribution in [2.45, 2.75) is 13.5 Å². The van der Waals surface area contributed by atoms with E-state index in [2.05, 4.69) is 16.7 Å². The van der Waals surface area contributed by atoms with Gasteiger partial charge in [-0.3, -0.25) is 14.9 Å². The summed E-state index contributed by atoms with van der Waals surface area (Å²) in [5, 5.41) is 15.4. The molecule has 9 nitrogen and oxygen atoms in total. The summed E-state index contributed by atoms with van der Waals surface area (Å²) < 4.78 is 10.8. The van der Waals surface area contributed by atoms with E-state index in [1.54, 1.807) is 37.3 Å². The summed E-state index contributed by atoms with van der Waals surface area (Å²) in [6.45, 7) is 5.33.